The van der Waals surface area contributed by atoms with Crippen LogP contribution in [0.25, 0.3) is 76.5 Å². The summed E-state index contributed by atoms with van der Waals surface area (Å²) < 4.78 is 0. The van der Waals surface area contributed by atoms with E-state index in [0.29, 0.717) is 0 Å². The summed E-state index contributed by atoms with van der Waals surface area (Å²) in [5.41, 5.74) is 16.9. The Kier molecular flexibility index (Phi) is 6.06. The fourth-order valence-corrected chi connectivity index (χ4v) is 10.6. The molecule has 0 bridgehead atoms. The zero-order valence-corrected chi connectivity index (χ0v) is 29.0. The van der Waals surface area contributed by atoms with Crippen LogP contribution in [-0.4, -0.2) is 0 Å². The van der Waals surface area contributed by atoms with Crippen LogP contribution in [0.2, 0.25) is 0 Å². The summed E-state index contributed by atoms with van der Waals surface area (Å²) in [6.45, 7) is 2.26. The molecule has 1 heterocycles. The molecule has 0 saturated carbocycles. The fraction of sp³-hybridized carbons (Fsp3) is 0.0400. The third-order valence-corrected chi connectivity index (χ3v) is 12.5. The molecule has 238 valence electrons. The quantitative estimate of drug-likeness (QED) is 0.165. The maximum atomic E-state index is 2.46. The Labute approximate surface area is 301 Å². The van der Waals surface area contributed by atoms with Gasteiger partial charge >= 0.3 is 0 Å². The molecule has 1 aromatic heterocycles. The molecule has 1 unspecified atom stereocenters. The highest BCUT2D eigenvalue weighted by Crippen LogP contribution is 2.65. The summed E-state index contributed by atoms with van der Waals surface area (Å²) in [4.78, 5) is 2.77. The maximum absolute atomic E-state index is 2.46. The molecule has 1 heteroatoms. The van der Waals surface area contributed by atoms with E-state index in [4.69, 9.17) is 0 Å². The lowest BCUT2D eigenvalue weighted by atomic mass is 9.70. The monoisotopic (exact) mass is 664 g/mol. The van der Waals surface area contributed by atoms with Crippen LogP contribution in [0.4, 0.5) is 0 Å². The van der Waals surface area contributed by atoms with E-state index in [1.54, 1.807) is 0 Å². The molecule has 1 spiro atoms. The normalized spacial score (nSPS) is 15.2. The molecule has 0 amide bonds. The van der Waals surface area contributed by atoms with Crippen LogP contribution in [0.5, 0.6) is 0 Å². The molecular formula is C50H32S. The Morgan fingerprint density at radius 1 is 0.353 bits per heavy atom. The van der Waals surface area contributed by atoms with E-state index in [9.17, 15) is 0 Å². The van der Waals surface area contributed by atoms with Gasteiger partial charge in [0.15, 0.2) is 0 Å². The molecular weight excluding hydrogens is 633 g/mol. The smallest absolute Gasteiger partial charge is 0.0734 e. The minimum Gasteiger partial charge on any atom is -0.140 e. The molecule has 9 aromatic rings. The van der Waals surface area contributed by atoms with Crippen LogP contribution in [0.1, 0.15) is 27.1 Å². The van der Waals surface area contributed by atoms with Crippen molar-refractivity contribution in [3.8, 4) is 54.9 Å². The van der Waals surface area contributed by atoms with E-state index < -0.39 is 0 Å². The molecule has 1 atom stereocenters. The van der Waals surface area contributed by atoms with E-state index >= 15 is 0 Å². The lowest BCUT2D eigenvalue weighted by Crippen LogP contribution is -2.25. The Hall–Kier alpha value is -6.02. The molecule has 0 aliphatic heterocycles. The largest absolute Gasteiger partial charge is 0.140 e. The second kappa shape index (κ2) is 10.7. The molecule has 0 radical (unpaired) electrons. The standard InChI is InChI=1S/C50H32S/c1-31-30-45-49(51-31)40-21-10-12-24-43(40)50(45)42-23-11-9-20-39(42)48-41(22-13-25-44(48)50)47-37-18-7-5-16-35(37)46(36-17-6-8-19-38(36)47)34-28-26-33(27-29-34)32-14-3-2-4-15-32/h2-30H,1H3. The highest BCUT2D eigenvalue weighted by molar-refractivity contribution is 7.15. The van der Waals surface area contributed by atoms with Gasteiger partial charge in [0.2, 0.25) is 0 Å². The van der Waals surface area contributed by atoms with E-state index in [2.05, 4.69) is 183 Å². The van der Waals surface area contributed by atoms with Gasteiger partial charge in [0, 0.05) is 9.75 Å². The second-order valence-electron chi connectivity index (χ2n) is 14.0. The predicted molar refractivity (Wildman–Crippen MR) is 217 cm³/mol. The average molecular weight is 665 g/mol. The predicted octanol–water partition coefficient (Wildman–Crippen LogP) is 13.7. The van der Waals surface area contributed by atoms with Gasteiger partial charge in [-0.3, -0.25) is 0 Å². The minimum atomic E-state index is -0.343. The fourth-order valence-electron chi connectivity index (χ4n) is 9.45. The first-order chi connectivity index (χ1) is 25.2. The molecule has 0 N–H and O–H groups in total. The van der Waals surface area contributed by atoms with Gasteiger partial charge in [-0.2, -0.15) is 0 Å². The van der Waals surface area contributed by atoms with Crippen molar-refractivity contribution < 1.29 is 0 Å². The zero-order chi connectivity index (χ0) is 33.7. The van der Waals surface area contributed by atoms with Crippen molar-refractivity contribution in [3.63, 3.8) is 0 Å². The summed E-state index contributed by atoms with van der Waals surface area (Å²) in [6, 6.07) is 65.7. The summed E-state index contributed by atoms with van der Waals surface area (Å²) in [6.07, 6.45) is 0. The van der Waals surface area contributed by atoms with Gasteiger partial charge in [-0.15, -0.1) is 11.3 Å². The first kappa shape index (κ1) is 28.8. The van der Waals surface area contributed by atoms with Crippen LogP contribution in [0, 0.1) is 6.92 Å². The lowest BCUT2D eigenvalue weighted by Gasteiger charge is -2.30. The number of benzene rings is 8. The number of hydrogen-bond donors (Lipinski definition) is 0. The van der Waals surface area contributed by atoms with Crippen LogP contribution in [0.3, 0.4) is 0 Å². The Balaban J connectivity index is 1.22. The van der Waals surface area contributed by atoms with Crippen molar-refractivity contribution >= 4 is 32.9 Å². The molecule has 0 nitrogen and oxygen atoms in total. The Morgan fingerprint density at radius 3 is 1.53 bits per heavy atom. The molecule has 0 saturated heterocycles. The van der Waals surface area contributed by atoms with E-state index in [-0.39, 0.29) is 5.41 Å². The third kappa shape index (κ3) is 3.84. The van der Waals surface area contributed by atoms with Crippen LogP contribution in [-0.2, 0) is 5.41 Å². The van der Waals surface area contributed by atoms with Crippen molar-refractivity contribution in [3.05, 3.63) is 203 Å². The van der Waals surface area contributed by atoms with Gasteiger partial charge < -0.3 is 0 Å². The van der Waals surface area contributed by atoms with Crippen molar-refractivity contribution in [2.45, 2.75) is 12.3 Å². The molecule has 2 aliphatic carbocycles. The third-order valence-electron chi connectivity index (χ3n) is 11.4. The van der Waals surface area contributed by atoms with Gasteiger partial charge in [0.1, 0.15) is 0 Å². The highest BCUT2D eigenvalue weighted by atomic mass is 32.1. The zero-order valence-electron chi connectivity index (χ0n) is 28.2. The van der Waals surface area contributed by atoms with Crippen molar-refractivity contribution in [2.75, 3.05) is 0 Å². The SMILES string of the molecule is Cc1cc2c(s1)-c1ccccc1C21c2ccccc2-c2c(-c3c4ccccc4c(-c4ccc(-c5ccccc5)cc4)c4ccccc34)cccc21. The number of thiophene rings is 1. The van der Waals surface area contributed by atoms with Gasteiger partial charge in [0.05, 0.1) is 5.41 Å². The van der Waals surface area contributed by atoms with Gasteiger partial charge in [0.25, 0.3) is 0 Å². The molecule has 0 fully saturated rings. The number of hydrogen-bond acceptors (Lipinski definition) is 1. The van der Waals surface area contributed by atoms with Crippen molar-refractivity contribution in [1.82, 2.24) is 0 Å². The molecule has 51 heavy (non-hydrogen) atoms. The molecule has 8 aromatic carbocycles. The van der Waals surface area contributed by atoms with Gasteiger partial charge in [-0.1, -0.05) is 170 Å². The van der Waals surface area contributed by atoms with Crippen LogP contribution >= 0.6 is 11.3 Å². The van der Waals surface area contributed by atoms with Gasteiger partial charge in [-0.25, -0.2) is 0 Å². The topological polar surface area (TPSA) is 0 Å². The summed E-state index contributed by atoms with van der Waals surface area (Å²) >= 11 is 1.93. The van der Waals surface area contributed by atoms with Crippen molar-refractivity contribution in [2.24, 2.45) is 0 Å². The lowest BCUT2D eigenvalue weighted by molar-refractivity contribution is 0.795. The first-order valence-electron chi connectivity index (χ1n) is 17.8. The summed E-state index contributed by atoms with van der Waals surface area (Å²) in [7, 11) is 0. The molecule has 2 aliphatic rings. The van der Waals surface area contributed by atoms with E-state index in [1.807, 2.05) is 11.3 Å². The number of fused-ring (bicyclic) bond motifs is 12. The Bertz CT molecular complexity index is 2800. The number of rotatable bonds is 3. The van der Waals surface area contributed by atoms with Gasteiger partial charge in [-0.05, 0) is 107 Å². The van der Waals surface area contributed by atoms with Crippen LogP contribution < -0.4 is 0 Å². The Morgan fingerprint density at radius 2 is 0.843 bits per heavy atom. The second-order valence-corrected chi connectivity index (χ2v) is 15.2. The van der Waals surface area contributed by atoms with E-state index in [0.717, 1.165) is 0 Å². The maximum Gasteiger partial charge on any atom is 0.0734 e. The minimum absolute atomic E-state index is 0.343. The number of aryl methyl sites for hydroxylation is 1. The summed E-state index contributed by atoms with van der Waals surface area (Å²) in [5, 5.41) is 5.12. The highest BCUT2D eigenvalue weighted by Gasteiger charge is 2.53. The average Bonchev–Trinajstić information content (AvgIpc) is 3.81. The van der Waals surface area contributed by atoms with Crippen LogP contribution in [0.15, 0.2) is 176 Å². The summed E-state index contributed by atoms with van der Waals surface area (Å²) in [5.74, 6) is 0. The van der Waals surface area contributed by atoms with Crippen molar-refractivity contribution in [1.29, 1.82) is 0 Å². The van der Waals surface area contributed by atoms with E-state index in [1.165, 1.54) is 104 Å². The first-order valence-corrected chi connectivity index (χ1v) is 18.6. The molecule has 11 rings (SSSR count).